The van der Waals surface area contributed by atoms with E-state index in [1.807, 2.05) is 48.5 Å². The van der Waals surface area contributed by atoms with Gasteiger partial charge in [-0.1, -0.05) is 66.7 Å². The minimum Gasteiger partial charge on any atom is -0.496 e. The minimum absolute atomic E-state index is 0.0222. The lowest BCUT2D eigenvalue weighted by Gasteiger charge is -2.33. The van der Waals surface area contributed by atoms with E-state index in [1.54, 1.807) is 31.4 Å². The van der Waals surface area contributed by atoms with Crippen LogP contribution in [0.2, 0.25) is 0 Å². The number of nitrogens with one attached hydrogen (secondary N) is 1. The van der Waals surface area contributed by atoms with Crippen LogP contribution in [0.5, 0.6) is 5.75 Å². The molecular weight excluding hydrogens is 418 g/mol. The molecule has 0 fully saturated rings. The van der Waals surface area contributed by atoms with E-state index in [2.05, 4.69) is 5.32 Å². The topological polar surface area (TPSA) is 84.9 Å². The molecule has 170 valence electrons. The van der Waals surface area contributed by atoms with Crippen LogP contribution in [0.1, 0.15) is 27.8 Å². The Hall–Kier alpha value is -3.48. The monoisotopic (exact) mass is 445 g/mol. The molecule has 2 N–H and O–H groups in total. The SMILES string of the molecule is COc1ccc2c(c1CCO)CC(C(=O)OC(C=O)(c1ccccc1)c1ccccc1)NC2. The summed E-state index contributed by atoms with van der Waals surface area (Å²) >= 11 is 0. The van der Waals surface area contributed by atoms with Gasteiger partial charge in [0.05, 0.1) is 7.11 Å². The fourth-order valence-corrected chi connectivity index (χ4v) is 4.44. The number of benzene rings is 3. The van der Waals surface area contributed by atoms with Gasteiger partial charge in [0.2, 0.25) is 5.60 Å². The van der Waals surface area contributed by atoms with Crippen molar-refractivity contribution in [2.75, 3.05) is 13.7 Å². The standard InChI is InChI=1S/C27H27NO5/c1-32-25-13-12-19-17-28-24(16-23(19)22(25)14-15-29)26(31)33-27(18-30,20-8-4-2-5-9-20)21-10-6-3-7-11-21/h2-13,18,24,28-29H,14-17H2,1H3. The van der Waals surface area contributed by atoms with Crippen LogP contribution in [-0.2, 0) is 39.3 Å². The number of carbonyl (C=O) groups is 2. The van der Waals surface area contributed by atoms with Gasteiger partial charge in [-0.05, 0) is 35.6 Å². The number of esters is 1. The maximum atomic E-state index is 13.4. The summed E-state index contributed by atoms with van der Waals surface area (Å²) in [6, 6.07) is 21.3. The lowest BCUT2D eigenvalue weighted by Crippen LogP contribution is -2.47. The van der Waals surface area contributed by atoms with Crippen LogP contribution in [0.25, 0.3) is 0 Å². The van der Waals surface area contributed by atoms with E-state index >= 15 is 0 Å². The molecule has 1 atom stereocenters. The van der Waals surface area contributed by atoms with Gasteiger partial charge in [0.25, 0.3) is 0 Å². The van der Waals surface area contributed by atoms with E-state index < -0.39 is 17.6 Å². The summed E-state index contributed by atoms with van der Waals surface area (Å²) < 4.78 is 11.5. The van der Waals surface area contributed by atoms with E-state index in [4.69, 9.17) is 9.47 Å². The molecule has 6 nitrogen and oxygen atoms in total. The molecule has 33 heavy (non-hydrogen) atoms. The predicted molar refractivity (Wildman–Crippen MR) is 124 cm³/mol. The van der Waals surface area contributed by atoms with Gasteiger partial charge in [0, 0.05) is 24.3 Å². The van der Waals surface area contributed by atoms with Gasteiger partial charge in [-0.25, -0.2) is 0 Å². The Labute approximate surface area is 193 Å². The predicted octanol–water partition coefficient (Wildman–Crippen LogP) is 2.93. The maximum absolute atomic E-state index is 13.4. The first-order chi connectivity index (χ1) is 16.1. The number of hydrogen-bond donors (Lipinski definition) is 2. The molecule has 0 spiro atoms. The molecule has 0 amide bonds. The van der Waals surface area contributed by atoms with Gasteiger partial charge < -0.3 is 19.9 Å². The molecule has 1 unspecified atom stereocenters. The Morgan fingerprint density at radius 3 is 2.24 bits per heavy atom. The number of fused-ring (bicyclic) bond motifs is 1. The van der Waals surface area contributed by atoms with Gasteiger partial charge in [-0.15, -0.1) is 0 Å². The Balaban J connectivity index is 1.68. The Bertz CT molecular complexity index is 1070. The number of aliphatic hydroxyl groups excluding tert-OH is 1. The number of aldehydes is 1. The van der Waals surface area contributed by atoms with Crippen molar-refractivity contribution in [1.29, 1.82) is 0 Å². The number of ether oxygens (including phenoxy) is 2. The Morgan fingerprint density at radius 1 is 1.06 bits per heavy atom. The number of rotatable bonds is 8. The first-order valence-electron chi connectivity index (χ1n) is 10.9. The highest BCUT2D eigenvalue weighted by atomic mass is 16.6. The lowest BCUT2D eigenvalue weighted by molar-refractivity contribution is -0.162. The average molecular weight is 446 g/mol. The third-order valence-corrected chi connectivity index (χ3v) is 6.13. The van der Waals surface area contributed by atoms with Gasteiger partial charge in [-0.2, -0.15) is 0 Å². The molecule has 3 aromatic rings. The second-order valence-corrected chi connectivity index (χ2v) is 8.00. The summed E-state index contributed by atoms with van der Waals surface area (Å²) in [6.45, 7) is 0.452. The van der Waals surface area contributed by atoms with Gasteiger partial charge in [-0.3, -0.25) is 9.59 Å². The van der Waals surface area contributed by atoms with E-state index in [-0.39, 0.29) is 6.61 Å². The number of carbonyl (C=O) groups excluding carboxylic acids is 2. The third kappa shape index (κ3) is 4.40. The smallest absolute Gasteiger partial charge is 0.325 e. The second kappa shape index (κ2) is 9.98. The largest absolute Gasteiger partial charge is 0.496 e. The normalized spacial score (nSPS) is 15.4. The summed E-state index contributed by atoms with van der Waals surface area (Å²) in [6.07, 6.45) is 1.49. The highest BCUT2D eigenvalue weighted by Crippen LogP contribution is 2.34. The lowest BCUT2D eigenvalue weighted by atomic mass is 9.86. The van der Waals surface area contributed by atoms with Crippen LogP contribution < -0.4 is 10.1 Å². The van der Waals surface area contributed by atoms with Crippen LogP contribution in [0, 0.1) is 0 Å². The van der Waals surface area contributed by atoms with E-state index in [0.29, 0.717) is 42.5 Å². The minimum atomic E-state index is -1.55. The third-order valence-electron chi connectivity index (χ3n) is 6.13. The van der Waals surface area contributed by atoms with Crippen LogP contribution in [0.3, 0.4) is 0 Å². The number of aliphatic hydroxyl groups is 1. The van der Waals surface area contributed by atoms with Crippen LogP contribution in [-0.4, -0.2) is 37.1 Å². The summed E-state index contributed by atoms with van der Waals surface area (Å²) in [7, 11) is 1.59. The molecule has 0 radical (unpaired) electrons. The first kappa shape index (κ1) is 22.7. The zero-order chi connectivity index (χ0) is 23.3. The molecule has 3 aromatic carbocycles. The average Bonchev–Trinajstić information content (AvgIpc) is 2.88. The second-order valence-electron chi connectivity index (χ2n) is 8.00. The molecule has 0 aromatic heterocycles. The van der Waals surface area contributed by atoms with Crippen molar-refractivity contribution in [3.8, 4) is 5.75 Å². The van der Waals surface area contributed by atoms with Crippen molar-refractivity contribution in [3.63, 3.8) is 0 Å². The summed E-state index contributed by atoms with van der Waals surface area (Å²) in [4.78, 5) is 26.0. The van der Waals surface area contributed by atoms with Crippen molar-refractivity contribution >= 4 is 12.3 Å². The van der Waals surface area contributed by atoms with Crippen LogP contribution in [0.15, 0.2) is 72.8 Å². The van der Waals surface area contributed by atoms with Crippen molar-refractivity contribution in [3.05, 3.63) is 101 Å². The maximum Gasteiger partial charge on any atom is 0.325 e. The molecule has 1 heterocycles. The fourth-order valence-electron chi connectivity index (χ4n) is 4.44. The first-order valence-corrected chi connectivity index (χ1v) is 10.9. The van der Waals surface area contributed by atoms with E-state index in [9.17, 15) is 14.7 Å². The summed E-state index contributed by atoms with van der Waals surface area (Å²) in [5, 5.41) is 12.8. The van der Waals surface area contributed by atoms with Crippen molar-refractivity contribution < 1.29 is 24.2 Å². The number of methoxy groups -OCH3 is 1. The van der Waals surface area contributed by atoms with Crippen molar-refractivity contribution in [1.82, 2.24) is 5.32 Å². The molecule has 0 aliphatic carbocycles. The van der Waals surface area contributed by atoms with E-state index in [1.165, 1.54) is 0 Å². The molecule has 6 heteroatoms. The van der Waals surface area contributed by atoms with Gasteiger partial charge in [0.1, 0.15) is 11.8 Å². The molecule has 0 saturated heterocycles. The molecule has 4 rings (SSSR count). The molecular formula is C27H27NO5. The van der Waals surface area contributed by atoms with Crippen molar-refractivity contribution in [2.24, 2.45) is 0 Å². The Kier molecular flexibility index (Phi) is 6.87. The van der Waals surface area contributed by atoms with Gasteiger partial charge >= 0.3 is 5.97 Å². The van der Waals surface area contributed by atoms with E-state index in [0.717, 1.165) is 16.7 Å². The quantitative estimate of drug-likeness (QED) is 0.410. The fraction of sp³-hybridized carbons (Fsp3) is 0.259. The van der Waals surface area contributed by atoms with Gasteiger partial charge in [0.15, 0.2) is 6.29 Å². The number of hydrogen-bond acceptors (Lipinski definition) is 6. The molecule has 1 aliphatic heterocycles. The highest BCUT2D eigenvalue weighted by molar-refractivity contribution is 5.83. The van der Waals surface area contributed by atoms with Crippen molar-refractivity contribution in [2.45, 2.75) is 31.0 Å². The van der Waals surface area contributed by atoms with Crippen LogP contribution >= 0.6 is 0 Å². The zero-order valence-corrected chi connectivity index (χ0v) is 18.5. The zero-order valence-electron chi connectivity index (χ0n) is 18.5. The molecule has 0 bridgehead atoms. The summed E-state index contributed by atoms with van der Waals surface area (Å²) in [5.74, 6) is 0.172. The Morgan fingerprint density at radius 2 is 1.70 bits per heavy atom. The van der Waals surface area contributed by atoms with Crippen LogP contribution in [0.4, 0.5) is 0 Å². The summed E-state index contributed by atoms with van der Waals surface area (Å²) in [5.41, 5.74) is 2.53. The molecule has 1 aliphatic rings. The highest BCUT2D eigenvalue weighted by Gasteiger charge is 2.41. The molecule has 0 saturated carbocycles.